The molecule has 0 unspecified atom stereocenters. The molecular formula is C78H120N12O24. The van der Waals surface area contributed by atoms with Crippen molar-refractivity contribution in [3.05, 3.63) is 77.9 Å². The van der Waals surface area contributed by atoms with E-state index in [9.17, 15) is 77.3 Å². The molecule has 114 heavy (non-hydrogen) atoms. The number of likely N-dealkylation sites (N-methyl/N-ethyl adjacent to an activating group) is 2. The van der Waals surface area contributed by atoms with E-state index in [-0.39, 0.29) is 147 Å². The molecule has 1 saturated heterocycles. The van der Waals surface area contributed by atoms with Crippen molar-refractivity contribution >= 4 is 83.1 Å². The number of amides is 13. The molecule has 0 saturated carbocycles. The number of hydrogen-bond acceptors (Lipinski definition) is 23. The minimum absolute atomic E-state index is 0.00400. The van der Waals surface area contributed by atoms with E-state index in [0.29, 0.717) is 36.9 Å². The zero-order chi connectivity index (χ0) is 84.6. The van der Waals surface area contributed by atoms with Crippen LogP contribution in [-0.4, -0.2) is 281 Å². The van der Waals surface area contributed by atoms with E-state index in [1.165, 1.54) is 50.4 Å². The molecule has 0 radical (unpaired) electrons. The maximum absolute atomic E-state index is 14.8. The lowest BCUT2D eigenvalue weighted by Gasteiger charge is -2.41. The van der Waals surface area contributed by atoms with Crippen molar-refractivity contribution in [1.29, 1.82) is 0 Å². The highest BCUT2D eigenvalue weighted by Crippen LogP contribution is 2.31. The summed E-state index contributed by atoms with van der Waals surface area (Å²) in [6, 6.07) is 7.24. The number of nitrogens with zero attached hydrogens (tertiary/aromatic N) is 4. The number of esters is 1. The van der Waals surface area contributed by atoms with Gasteiger partial charge in [-0.2, -0.15) is 0 Å². The normalized spacial score (nSPS) is 16.2. The average Bonchev–Trinajstić information content (AvgIpc) is 1.38. The van der Waals surface area contributed by atoms with Crippen LogP contribution in [0, 0.1) is 23.7 Å². The summed E-state index contributed by atoms with van der Waals surface area (Å²) in [6.07, 6.45) is -0.419. The van der Waals surface area contributed by atoms with E-state index in [0.717, 1.165) is 22.0 Å². The average molecular weight is 1610 g/mol. The number of rotatable bonds is 54. The topological polar surface area (TPSA) is 476 Å². The molecule has 2 aromatic carbocycles. The number of nitrogens with one attached hydrogen (secondary N) is 7. The van der Waals surface area contributed by atoms with Crippen molar-refractivity contribution in [1.82, 2.24) is 56.8 Å². The number of nitrogens with two attached hydrogens (primary N) is 1. The van der Waals surface area contributed by atoms with Gasteiger partial charge in [-0.3, -0.25) is 62.5 Å². The molecule has 0 spiro atoms. The Morgan fingerprint density at radius 3 is 1.83 bits per heavy atom. The highest BCUT2D eigenvalue weighted by molar-refractivity contribution is 6.13. The molecule has 636 valence electrons. The summed E-state index contributed by atoms with van der Waals surface area (Å²) in [5.74, 6) is -9.45. The second-order valence-electron chi connectivity index (χ2n) is 28.7. The Bertz CT molecular complexity index is 3460. The lowest BCUT2D eigenvalue weighted by molar-refractivity contribution is -0.148. The highest BCUT2D eigenvalue weighted by atomic mass is 16.6. The van der Waals surface area contributed by atoms with Crippen LogP contribution < -0.4 is 47.7 Å². The number of urea groups is 1. The van der Waals surface area contributed by atoms with Crippen molar-refractivity contribution in [2.45, 2.75) is 187 Å². The summed E-state index contributed by atoms with van der Waals surface area (Å²) in [7, 11) is 5.98. The Labute approximate surface area is 666 Å². The van der Waals surface area contributed by atoms with Gasteiger partial charge in [-0.25, -0.2) is 14.4 Å². The summed E-state index contributed by atoms with van der Waals surface area (Å²) in [5.41, 5.74) is 6.30. The number of aliphatic hydroxyl groups excluding tert-OH is 1. The Morgan fingerprint density at radius 1 is 0.640 bits per heavy atom. The van der Waals surface area contributed by atoms with Gasteiger partial charge in [-0.1, -0.05) is 97.4 Å². The summed E-state index contributed by atoms with van der Waals surface area (Å²) in [6.45, 7) is 15.3. The van der Waals surface area contributed by atoms with Crippen molar-refractivity contribution in [2.24, 2.45) is 29.4 Å². The van der Waals surface area contributed by atoms with Gasteiger partial charge in [0.15, 0.2) is 0 Å². The van der Waals surface area contributed by atoms with E-state index in [2.05, 4.69) is 37.2 Å². The number of carboxylic acids is 1. The fourth-order valence-electron chi connectivity index (χ4n) is 13.0. The van der Waals surface area contributed by atoms with Gasteiger partial charge in [0.2, 0.25) is 47.3 Å². The van der Waals surface area contributed by atoms with Crippen LogP contribution in [0.2, 0.25) is 0 Å². The number of imide groups is 1. The molecule has 36 heteroatoms. The molecule has 13 amide bonds. The van der Waals surface area contributed by atoms with Gasteiger partial charge in [0.1, 0.15) is 36.5 Å². The third-order valence-corrected chi connectivity index (χ3v) is 19.5. The molecule has 2 aliphatic heterocycles. The van der Waals surface area contributed by atoms with Crippen LogP contribution in [0.4, 0.5) is 9.59 Å². The van der Waals surface area contributed by atoms with Crippen molar-refractivity contribution < 1.29 is 115 Å². The van der Waals surface area contributed by atoms with Crippen molar-refractivity contribution in [3.8, 4) is 5.75 Å². The second-order valence-corrected chi connectivity index (χ2v) is 28.7. The molecule has 2 aromatic rings. The van der Waals surface area contributed by atoms with Crippen LogP contribution in [0.25, 0.3) is 0 Å². The van der Waals surface area contributed by atoms with Crippen molar-refractivity contribution in [3.63, 3.8) is 0 Å². The number of likely N-dealkylation sites (tertiary alicyclic amines) is 1. The smallest absolute Gasteiger partial charge is 0.410 e. The largest absolute Gasteiger partial charge is 0.481 e. The monoisotopic (exact) mass is 1610 g/mol. The number of carbonyl (C=O) groups excluding carboxylic acids is 13. The van der Waals surface area contributed by atoms with Crippen LogP contribution >= 0.6 is 0 Å². The number of hydrogen-bond donors (Lipinski definition) is 10. The molecular weight excluding hydrogens is 1490 g/mol. The van der Waals surface area contributed by atoms with Gasteiger partial charge in [-0.15, -0.1) is 0 Å². The standard InChI is InChI=1S/C78H120N12O24/c1-13-50(6)69(59(107-11)45-65(96)89-35-18-22-58(89)71(108-12)51(7)72(100)83-52(8)70(99)54-19-15-14-16-20-54)87(9)75(103)67(48(2)3)86-74(102)68(49(4)5)88(10)78(106)113-47-53-23-25-55(26-24-53)114-76(104)57(21-17-33-81-77(79)105)85-62(93)46-82-73(101)56(27-30-66(97)98)84-61(92)32-37-109-39-41-111-43-44-112-42-40-110-38-34-80-60(91)31-36-90-63(94)28-29-64(90)95/h14-16,19-20,23-26,28-29,48-52,56-59,67-71,99H,13,17-18,21-22,27,30-47H2,1-12H3,(H,80,91)(H,82,101)(H,83,100)(H,84,92)(H,85,93)(H,86,102)(H,97,98)(H3,79,81,105)/t50-,51+,52+,56-,57-,58-,59+,67-,68-,69-,70+,71+/m0/s1. The Balaban J connectivity index is 1.26. The number of aliphatic hydroxyl groups is 1. The molecule has 0 aliphatic carbocycles. The quantitative estimate of drug-likeness (QED) is 0.0195. The fraction of sp³-hybridized carbons (Fsp3) is 0.641. The molecule has 36 nitrogen and oxygen atoms in total. The number of carbonyl (C=O) groups is 14. The zero-order valence-corrected chi connectivity index (χ0v) is 67.6. The van der Waals surface area contributed by atoms with Gasteiger partial charge < -0.3 is 101 Å². The molecule has 12 atom stereocenters. The van der Waals surface area contributed by atoms with Crippen LogP contribution in [0.3, 0.4) is 0 Å². The third kappa shape index (κ3) is 33.0. The molecule has 2 heterocycles. The first-order chi connectivity index (χ1) is 54.2. The van der Waals surface area contributed by atoms with Gasteiger partial charge in [0.05, 0.1) is 108 Å². The number of carboxylic acid groups (broad SMARTS) is 1. The third-order valence-electron chi connectivity index (χ3n) is 19.5. The summed E-state index contributed by atoms with van der Waals surface area (Å²) >= 11 is 0. The molecule has 0 bridgehead atoms. The first-order valence-electron chi connectivity index (χ1n) is 38.6. The summed E-state index contributed by atoms with van der Waals surface area (Å²) in [5, 5.41) is 38.5. The van der Waals surface area contributed by atoms with Gasteiger partial charge >= 0.3 is 24.1 Å². The first-order valence-corrected chi connectivity index (χ1v) is 38.6. The Kier molecular flexibility index (Phi) is 43.4. The molecule has 0 aromatic heterocycles. The molecule has 2 aliphatic rings. The van der Waals surface area contributed by atoms with Crippen LogP contribution in [0.15, 0.2) is 66.7 Å². The summed E-state index contributed by atoms with van der Waals surface area (Å²) in [4.78, 5) is 188. The summed E-state index contributed by atoms with van der Waals surface area (Å²) < 4.78 is 45.1. The lowest BCUT2D eigenvalue weighted by Crippen LogP contribution is -2.60. The maximum atomic E-state index is 14.8. The molecule has 11 N–H and O–H groups in total. The number of benzene rings is 2. The van der Waals surface area contributed by atoms with Crippen LogP contribution in [-0.2, 0) is 97.3 Å². The first kappa shape index (κ1) is 96.6. The van der Waals surface area contributed by atoms with Gasteiger partial charge in [0.25, 0.3) is 11.8 Å². The SMILES string of the molecule is CC[C@H](C)[C@@H]([C@@H](CC(=O)N1CCC[C@H]1[C@H](OC)[C@@H](C)C(=O)N[C@H](C)[C@@H](O)c1ccccc1)OC)N(C)C(=O)[C@@H](NC(=O)[C@H](C(C)C)N(C)C(=O)OCc1ccc(OC(=O)[C@H](CCCNC(N)=O)NC(=O)CNC(=O)[C@H](CCC(=O)O)NC(=O)CCOCCOCCOCCOCCNC(=O)CCN2C(=O)C=CC2=O)cc1)C(C)C. The molecule has 4 rings (SSSR count). The molecule has 1 fully saturated rings. The Morgan fingerprint density at radius 2 is 1.25 bits per heavy atom. The number of ether oxygens (including phenoxy) is 8. The van der Waals surface area contributed by atoms with E-state index in [4.69, 9.17) is 43.6 Å². The number of methoxy groups -OCH3 is 2. The minimum atomic E-state index is -1.39. The van der Waals surface area contributed by atoms with Crippen LogP contribution in [0.1, 0.15) is 137 Å². The highest BCUT2D eigenvalue weighted by Gasteiger charge is 2.44. The van der Waals surface area contributed by atoms with E-state index in [1.807, 2.05) is 19.9 Å². The number of primary amides is 1. The van der Waals surface area contributed by atoms with Crippen molar-refractivity contribution in [2.75, 3.05) is 114 Å². The van der Waals surface area contributed by atoms with E-state index in [1.54, 1.807) is 77.8 Å². The predicted octanol–water partition coefficient (Wildman–Crippen LogP) is 1.77. The zero-order valence-electron chi connectivity index (χ0n) is 67.6. The van der Waals surface area contributed by atoms with Crippen LogP contribution in [0.5, 0.6) is 5.75 Å². The van der Waals surface area contributed by atoms with Gasteiger partial charge in [-0.05, 0) is 80.0 Å². The van der Waals surface area contributed by atoms with E-state index < -0.39 is 157 Å². The van der Waals surface area contributed by atoms with E-state index >= 15 is 0 Å². The minimum Gasteiger partial charge on any atom is -0.481 e. The lowest BCUT2D eigenvalue weighted by atomic mass is 9.89. The Hall–Kier alpha value is -9.72. The number of aliphatic carboxylic acids is 1. The second kappa shape index (κ2) is 51.2. The maximum Gasteiger partial charge on any atom is 0.410 e. The fourth-order valence-corrected chi connectivity index (χ4v) is 13.0. The predicted molar refractivity (Wildman–Crippen MR) is 412 cm³/mol. The van der Waals surface area contributed by atoms with Gasteiger partial charge in [0, 0.05) is 85.9 Å².